The summed E-state index contributed by atoms with van der Waals surface area (Å²) in [5.74, 6) is 0. The first-order valence-corrected chi connectivity index (χ1v) is 3.56. The van der Waals surface area contributed by atoms with Crippen LogP contribution in [0.1, 0.15) is 11.3 Å². The summed E-state index contributed by atoms with van der Waals surface area (Å²) in [7, 11) is 1.68. The van der Waals surface area contributed by atoms with Crippen LogP contribution in [-0.4, -0.2) is 18.2 Å². The Morgan fingerprint density at radius 2 is 2.33 bits per heavy atom. The van der Waals surface area contributed by atoms with Crippen molar-refractivity contribution in [3.05, 3.63) is 40.3 Å². The Morgan fingerprint density at radius 1 is 1.58 bits per heavy atom. The summed E-state index contributed by atoms with van der Waals surface area (Å²) < 4.78 is 0. The summed E-state index contributed by atoms with van der Waals surface area (Å²) in [4.78, 5) is 17.4. The molecule has 0 bridgehead atoms. The van der Waals surface area contributed by atoms with E-state index < -0.39 is 0 Å². The number of nitrogens with one attached hydrogen (secondary N) is 1. The van der Waals surface area contributed by atoms with Gasteiger partial charge in [0.1, 0.15) is 0 Å². The molecule has 0 fully saturated rings. The van der Waals surface area contributed by atoms with E-state index in [1.165, 1.54) is 6.07 Å². The molecule has 0 aromatic carbocycles. The second kappa shape index (κ2) is 3.67. The summed E-state index contributed by atoms with van der Waals surface area (Å²) in [5.41, 5.74) is 1.44. The van der Waals surface area contributed by atoms with Crippen LogP contribution in [0.15, 0.2) is 28.5 Å². The quantitative estimate of drug-likeness (QED) is 0.649. The minimum Gasteiger partial charge on any atom is -0.322 e. The third-order valence-electron chi connectivity index (χ3n) is 1.46. The zero-order valence-electron chi connectivity index (χ0n) is 6.87. The van der Waals surface area contributed by atoms with E-state index in [0.29, 0.717) is 5.69 Å². The van der Waals surface area contributed by atoms with Crippen LogP contribution in [0.2, 0.25) is 0 Å². The van der Waals surface area contributed by atoms with Gasteiger partial charge < -0.3 is 4.98 Å². The SMILES string of the molecule is C=Cc1[nH]c(=O)ccc1/C=N\C. The average molecular weight is 162 g/mol. The van der Waals surface area contributed by atoms with Crippen LogP contribution in [0.25, 0.3) is 6.08 Å². The Balaban J connectivity index is 3.29. The second-order valence-corrected chi connectivity index (χ2v) is 2.28. The van der Waals surface area contributed by atoms with Gasteiger partial charge in [-0.2, -0.15) is 0 Å². The lowest BCUT2D eigenvalue weighted by Crippen LogP contribution is -2.07. The summed E-state index contributed by atoms with van der Waals surface area (Å²) in [6.45, 7) is 3.58. The van der Waals surface area contributed by atoms with E-state index in [4.69, 9.17) is 0 Å². The minimum atomic E-state index is -0.127. The fourth-order valence-corrected chi connectivity index (χ4v) is 0.922. The van der Waals surface area contributed by atoms with Crippen molar-refractivity contribution in [2.75, 3.05) is 7.05 Å². The number of aromatic nitrogens is 1. The van der Waals surface area contributed by atoms with E-state index in [2.05, 4.69) is 16.6 Å². The highest BCUT2D eigenvalue weighted by Crippen LogP contribution is 2.00. The molecule has 0 saturated heterocycles. The molecule has 0 amide bonds. The number of hydrogen-bond donors (Lipinski definition) is 1. The molecule has 0 spiro atoms. The Bertz CT molecular complexity index is 363. The van der Waals surface area contributed by atoms with E-state index in [9.17, 15) is 4.79 Å². The molecule has 0 radical (unpaired) electrons. The average Bonchev–Trinajstić information content (AvgIpc) is 2.08. The topological polar surface area (TPSA) is 45.2 Å². The zero-order chi connectivity index (χ0) is 8.97. The van der Waals surface area contributed by atoms with Crippen molar-refractivity contribution in [1.82, 2.24) is 4.98 Å². The van der Waals surface area contributed by atoms with Gasteiger partial charge in [0.05, 0.1) is 0 Å². The molecule has 0 unspecified atom stereocenters. The maximum atomic E-state index is 10.9. The van der Waals surface area contributed by atoms with Crippen molar-refractivity contribution in [1.29, 1.82) is 0 Å². The molecule has 1 aromatic heterocycles. The molecule has 1 rings (SSSR count). The number of aliphatic imine (C=N–C) groups is 1. The predicted molar refractivity (Wildman–Crippen MR) is 50.7 cm³/mol. The van der Waals surface area contributed by atoms with E-state index in [1.807, 2.05) is 0 Å². The molecule has 0 aliphatic carbocycles. The van der Waals surface area contributed by atoms with Crippen LogP contribution in [0.3, 0.4) is 0 Å². The lowest BCUT2D eigenvalue weighted by Gasteiger charge is -1.97. The van der Waals surface area contributed by atoms with E-state index in [1.54, 1.807) is 25.4 Å². The van der Waals surface area contributed by atoms with Crippen LogP contribution in [0.5, 0.6) is 0 Å². The highest BCUT2D eigenvalue weighted by molar-refractivity contribution is 5.83. The van der Waals surface area contributed by atoms with Gasteiger partial charge in [0.15, 0.2) is 0 Å². The minimum absolute atomic E-state index is 0.127. The highest BCUT2D eigenvalue weighted by Gasteiger charge is 1.95. The molecule has 1 aromatic rings. The van der Waals surface area contributed by atoms with Gasteiger partial charge in [0, 0.05) is 30.6 Å². The molecular weight excluding hydrogens is 152 g/mol. The van der Waals surface area contributed by atoms with Crippen LogP contribution in [0, 0.1) is 0 Å². The number of H-pyrrole nitrogens is 1. The lowest BCUT2D eigenvalue weighted by atomic mass is 10.2. The number of hydrogen-bond acceptors (Lipinski definition) is 2. The highest BCUT2D eigenvalue weighted by atomic mass is 16.1. The Hall–Kier alpha value is -1.64. The normalized spacial score (nSPS) is 10.4. The summed E-state index contributed by atoms with van der Waals surface area (Å²) in [6.07, 6.45) is 3.27. The van der Waals surface area contributed by atoms with Crippen molar-refractivity contribution in [3.63, 3.8) is 0 Å². The molecule has 62 valence electrons. The first kappa shape index (κ1) is 8.46. The van der Waals surface area contributed by atoms with Crippen LogP contribution in [0.4, 0.5) is 0 Å². The molecule has 3 nitrogen and oxygen atoms in total. The molecule has 3 heteroatoms. The number of rotatable bonds is 2. The van der Waals surface area contributed by atoms with Crippen LogP contribution < -0.4 is 5.56 Å². The Labute approximate surface area is 70.5 Å². The summed E-state index contributed by atoms with van der Waals surface area (Å²) >= 11 is 0. The third kappa shape index (κ3) is 1.69. The molecule has 0 aliphatic heterocycles. The molecule has 0 saturated carbocycles. The van der Waals surface area contributed by atoms with Gasteiger partial charge in [-0.3, -0.25) is 9.79 Å². The summed E-state index contributed by atoms with van der Waals surface area (Å²) in [5, 5.41) is 0. The maximum absolute atomic E-state index is 10.9. The Kier molecular flexibility index (Phi) is 2.58. The first-order valence-electron chi connectivity index (χ1n) is 3.56. The van der Waals surface area contributed by atoms with Crippen molar-refractivity contribution in [2.24, 2.45) is 4.99 Å². The van der Waals surface area contributed by atoms with Gasteiger partial charge in [-0.05, 0) is 12.1 Å². The van der Waals surface area contributed by atoms with Crippen LogP contribution >= 0.6 is 0 Å². The number of aromatic amines is 1. The summed E-state index contributed by atoms with van der Waals surface area (Å²) in [6, 6.07) is 3.17. The van der Waals surface area contributed by atoms with E-state index >= 15 is 0 Å². The number of nitrogens with zero attached hydrogens (tertiary/aromatic N) is 1. The molecule has 1 N–H and O–H groups in total. The molecule has 1 heterocycles. The van der Waals surface area contributed by atoms with Crippen molar-refractivity contribution in [2.45, 2.75) is 0 Å². The van der Waals surface area contributed by atoms with Gasteiger partial charge in [0.25, 0.3) is 0 Å². The van der Waals surface area contributed by atoms with E-state index in [-0.39, 0.29) is 5.56 Å². The molecule has 0 aliphatic rings. The number of pyridine rings is 1. The molecule has 0 atom stereocenters. The standard InChI is InChI=1S/C9H10N2O/c1-3-8-7(6-10-2)4-5-9(12)11-8/h3-6H,1H2,2H3,(H,11,12)/b10-6-. The van der Waals surface area contributed by atoms with Gasteiger partial charge in [-0.25, -0.2) is 0 Å². The van der Waals surface area contributed by atoms with Gasteiger partial charge >= 0.3 is 0 Å². The van der Waals surface area contributed by atoms with Crippen LogP contribution in [-0.2, 0) is 0 Å². The van der Waals surface area contributed by atoms with E-state index in [0.717, 1.165) is 5.56 Å². The largest absolute Gasteiger partial charge is 0.322 e. The monoisotopic (exact) mass is 162 g/mol. The van der Waals surface area contributed by atoms with Gasteiger partial charge in [0.2, 0.25) is 5.56 Å². The van der Waals surface area contributed by atoms with Crippen molar-refractivity contribution < 1.29 is 0 Å². The third-order valence-corrected chi connectivity index (χ3v) is 1.46. The fraction of sp³-hybridized carbons (Fsp3) is 0.111. The van der Waals surface area contributed by atoms with Crippen molar-refractivity contribution in [3.8, 4) is 0 Å². The van der Waals surface area contributed by atoms with Gasteiger partial charge in [-0.1, -0.05) is 6.58 Å². The van der Waals surface area contributed by atoms with Crippen molar-refractivity contribution >= 4 is 12.3 Å². The smallest absolute Gasteiger partial charge is 0.248 e. The molecular formula is C9H10N2O. The Morgan fingerprint density at radius 3 is 2.92 bits per heavy atom. The predicted octanol–water partition coefficient (Wildman–Crippen LogP) is 1.07. The second-order valence-electron chi connectivity index (χ2n) is 2.28. The first-order chi connectivity index (χ1) is 5.77. The zero-order valence-corrected chi connectivity index (χ0v) is 6.87. The van der Waals surface area contributed by atoms with Gasteiger partial charge in [-0.15, -0.1) is 0 Å². The lowest BCUT2D eigenvalue weighted by molar-refractivity contribution is 1.21. The maximum Gasteiger partial charge on any atom is 0.248 e. The fourth-order valence-electron chi connectivity index (χ4n) is 0.922. The molecule has 12 heavy (non-hydrogen) atoms.